The molecule has 0 aliphatic rings. The summed E-state index contributed by atoms with van der Waals surface area (Å²) in [6.45, 7) is 2.64. The highest BCUT2D eigenvalue weighted by molar-refractivity contribution is 7.99. The number of pyridine rings is 1. The molecule has 2 amide bonds. The topological polar surface area (TPSA) is 71.1 Å². The van der Waals surface area contributed by atoms with E-state index in [1.54, 1.807) is 6.20 Å². The lowest BCUT2D eigenvalue weighted by atomic mass is 10.4. The number of carbonyl (C=O) groups is 2. The lowest BCUT2D eigenvalue weighted by Crippen LogP contribution is -2.37. The Morgan fingerprint density at radius 3 is 2.78 bits per heavy atom. The van der Waals surface area contributed by atoms with Gasteiger partial charge in [-0.05, 0) is 18.6 Å². The average molecular weight is 267 g/mol. The number of nitrogens with one attached hydrogen (secondary N) is 2. The Morgan fingerprint density at radius 2 is 2.11 bits per heavy atom. The van der Waals surface area contributed by atoms with Crippen molar-refractivity contribution in [3.63, 3.8) is 0 Å². The van der Waals surface area contributed by atoms with E-state index in [0.717, 1.165) is 11.4 Å². The highest BCUT2D eigenvalue weighted by atomic mass is 32.2. The SMILES string of the molecule is CCCNC(=O)CNC(=O)CSc1ccccn1. The van der Waals surface area contributed by atoms with Gasteiger partial charge in [-0.15, -0.1) is 0 Å². The second-order valence-electron chi connectivity index (χ2n) is 3.58. The summed E-state index contributed by atoms with van der Waals surface area (Å²) in [7, 11) is 0. The molecule has 0 saturated carbocycles. The molecule has 98 valence electrons. The summed E-state index contributed by atoms with van der Waals surface area (Å²) in [5.74, 6) is -0.0664. The maximum Gasteiger partial charge on any atom is 0.239 e. The monoisotopic (exact) mass is 267 g/mol. The normalized spacial score (nSPS) is 9.83. The third kappa shape index (κ3) is 6.24. The molecule has 5 nitrogen and oxygen atoms in total. The number of amides is 2. The van der Waals surface area contributed by atoms with E-state index in [2.05, 4.69) is 15.6 Å². The third-order valence-corrected chi connectivity index (χ3v) is 2.95. The van der Waals surface area contributed by atoms with Crippen LogP contribution in [-0.2, 0) is 9.59 Å². The molecule has 0 unspecified atom stereocenters. The van der Waals surface area contributed by atoms with Gasteiger partial charge in [0.1, 0.15) is 0 Å². The number of rotatable bonds is 7. The van der Waals surface area contributed by atoms with Crippen molar-refractivity contribution in [2.45, 2.75) is 18.4 Å². The minimum atomic E-state index is -0.169. The van der Waals surface area contributed by atoms with E-state index in [4.69, 9.17) is 0 Å². The standard InChI is InChI=1S/C12H17N3O2S/c1-2-6-13-10(16)8-15-11(17)9-18-12-5-3-4-7-14-12/h3-5,7H,2,6,8-9H2,1H3,(H,13,16)(H,15,17). The number of nitrogens with zero attached hydrogens (tertiary/aromatic N) is 1. The van der Waals surface area contributed by atoms with Gasteiger partial charge >= 0.3 is 0 Å². The smallest absolute Gasteiger partial charge is 0.239 e. The van der Waals surface area contributed by atoms with Crippen LogP contribution in [0.2, 0.25) is 0 Å². The van der Waals surface area contributed by atoms with Gasteiger partial charge in [0.15, 0.2) is 0 Å². The van der Waals surface area contributed by atoms with E-state index in [9.17, 15) is 9.59 Å². The highest BCUT2D eigenvalue weighted by Gasteiger charge is 2.05. The molecule has 0 fully saturated rings. The van der Waals surface area contributed by atoms with E-state index in [-0.39, 0.29) is 24.1 Å². The molecular weight excluding hydrogens is 250 g/mol. The third-order valence-electron chi connectivity index (χ3n) is 2.01. The van der Waals surface area contributed by atoms with Crippen molar-refractivity contribution in [2.75, 3.05) is 18.8 Å². The predicted molar refractivity (Wildman–Crippen MR) is 71.3 cm³/mol. The van der Waals surface area contributed by atoms with Crippen LogP contribution in [0.4, 0.5) is 0 Å². The van der Waals surface area contributed by atoms with Gasteiger partial charge in [-0.2, -0.15) is 0 Å². The summed E-state index contributed by atoms with van der Waals surface area (Å²) in [6.07, 6.45) is 2.56. The Kier molecular flexibility index (Phi) is 6.86. The van der Waals surface area contributed by atoms with Gasteiger partial charge < -0.3 is 10.6 Å². The molecule has 0 aromatic carbocycles. The summed E-state index contributed by atoms with van der Waals surface area (Å²) in [4.78, 5) is 26.8. The first-order valence-corrected chi connectivity index (χ1v) is 6.78. The molecule has 1 rings (SSSR count). The largest absolute Gasteiger partial charge is 0.355 e. The summed E-state index contributed by atoms with van der Waals surface area (Å²) in [5, 5.41) is 6.05. The van der Waals surface area contributed by atoms with Crippen LogP contribution in [0.15, 0.2) is 29.4 Å². The zero-order valence-electron chi connectivity index (χ0n) is 10.3. The average Bonchev–Trinajstić information content (AvgIpc) is 2.41. The zero-order chi connectivity index (χ0) is 13.2. The van der Waals surface area contributed by atoms with E-state index < -0.39 is 0 Å². The van der Waals surface area contributed by atoms with Gasteiger partial charge in [0.2, 0.25) is 11.8 Å². The summed E-state index contributed by atoms with van der Waals surface area (Å²) < 4.78 is 0. The van der Waals surface area contributed by atoms with Crippen LogP contribution in [0.5, 0.6) is 0 Å². The minimum Gasteiger partial charge on any atom is -0.355 e. The van der Waals surface area contributed by atoms with Crippen molar-refractivity contribution >= 4 is 23.6 Å². The van der Waals surface area contributed by atoms with Crippen molar-refractivity contribution < 1.29 is 9.59 Å². The Labute approximate surface area is 111 Å². The summed E-state index contributed by atoms with van der Waals surface area (Å²) in [6, 6.07) is 5.53. The number of aromatic nitrogens is 1. The molecule has 0 spiro atoms. The number of carbonyl (C=O) groups excluding carboxylic acids is 2. The second-order valence-corrected chi connectivity index (χ2v) is 4.58. The minimum absolute atomic E-state index is 0.0294. The maximum absolute atomic E-state index is 11.5. The first kappa shape index (κ1) is 14.5. The zero-order valence-corrected chi connectivity index (χ0v) is 11.1. The van der Waals surface area contributed by atoms with Crippen LogP contribution in [-0.4, -0.2) is 35.6 Å². The molecule has 1 aromatic rings. The molecule has 1 heterocycles. The van der Waals surface area contributed by atoms with Crippen LogP contribution in [0.1, 0.15) is 13.3 Å². The van der Waals surface area contributed by atoms with Gasteiger partial charge in [-0.3, -0.25) is 9.59 Å². The van der Waals surface area contributed by atoms with E-state index in [1.165, 1.54) is 11.8 Å². The van der Waals surface area contributed by atoms with Crippen molar-refractivity contribution in [2.24, 2.45) is 0 Å². The molecule has 0 radical (unpaired) electrons. The van der Waals surface area contributed by atoms with Crippen molar-refractivity contribution in [3.05, 3.63) is 24.4 Å². The first-order chi connectivity index (χ1) is 8.72. The van der Waals surface area contributed by atoms with Gasteiger partial charge in [0.05, 0.1) is 17.3 Å². The van der Waals surface area contributed by atoms with Crippen molar-refractivity contribution in [1.82, 2.24) is 15.6 Å². The number of thioether (sulfide) groups is 1. The molecule has 6 heteroatoms. The highest BCUT2D eigenvalue weighted by Crippen LogP contribution is 2.12. The van der Waals surface area contributed by atoms with Crippen LogP contribution in [0, 0.1) is 0 Å². The van der Waals surface area contributed by atoms with Crippen molar-refractivity contribution in [1.29, 1.82) is 0 Å². The molecule has 2 N–H and O–H groups in total. The molecule has 0 bridgehead atoms. The van der Waals surface area contributed by atoms with Crippen LogP contribution in [0.3, 0.4) is 0 Å². The summed E-state index contributed by atoms with van der Waals surface area (Å²) in [5.41, 5.74) is 0. The van der Waals surface area contributed by atoms with Crippen LogP contribution in [0.25, 0.3) is 0 Å². The second kappa shape index (κ2) is 8.52. The Morgan fingerprint density at radius 1 is 1.28 bits per heavy atom. The van der Waals surface area contributed by atoms with Crippen molar-refractivity contribution in [3.8, 4) is 0 Å². The van der Waals surface area contributed by atoms with Crippen LogP contribution >= 0.6 is 11.8 Å². The first-order valence-electron chi connectivity index (χ1n) is 5.79. The van der Waals surface area contributed by atoms with Crippen LogP contribution < -0.4 is 10.6 Å². The van der Waals surface area contributed by atoms with Gasteiger partial charge in [-0.25, -0.2) is 4.98 Å². The Bertz CT molecular complexity index is 384. The molecule has 1 aromatic heterocycles. The molecule has 0 aliphatic carbocycles. The van der Waals surface area contributed by atoms with E-state index >= 15 is 0 Å². The lowest BCUT2D eigenvalue weighted by Gasteiger charge is -2.05. The fourth-order valence-corrected chi connectivity index (χ4v) is 1.82. The lowest BCUT2D eigenvalue weighted by molar-refractivity contribution is -0.124. The Balaban J connectivity index is 2.16. The van der Waals surface area contributed by atoms with Gasteiger partial charge in [-0.1, -0.05) is 24.8 Å². The van der Waals surface area contributed by atoms with Gasteiger partial charge in [0, 0.05) is 12.7 Å². The summed E-state index contributed by atoms with van der Waals surface area (Å²) >= 11 is 1.34. The number of hydrogen-bond acceptors (Lipinski definition) is 4. The molecule has 0 atom stereocenters. The van der Waals surface area contributed by atoms with Gasteiger partial charge in [0.25, 0.3) is 0 Å². The predicted octanol–water partition coefficient (Wildman–Crippen LogP) is 0.816. The molecule has 0 aliphatic heterocycles. The Hall–Kier alpha value is -1.56. The quantitative estimate of drug-likeness (QED) is 0.717. The fraction of sp³-hybridized carbons (Fsp3) is 0.417. The molecular formula is C12H17N3O2S. The molecule has 18 heavy (non-hydrogen) atoms. The van der Waals surface area contributed by atoms with E-state index in [1.807, 2.05) is 25.1 Å². The molecule has 0 saturated heterocycles. The fourth-order valence-electron chi connectivity index (χ4n) is 1.13. The maximum atomic E-state index is 11.5. The van der Waals surface area contributed by atoms with E-state index in [0.29, 0.717) is 6.54 Å². The number of hydrogen-bond donors (Lipinski definition) is 2.